The molecule has 0 aromatic heterocycles. The number of amides is 1. The van der Waals surface area contributed by atoms with Gasteiger partial charge < -0.3 is 10.2 Å². The van der Waals surface area contributed by atoms with Crippen molar-refractivity contribution < 1.29 is 13.2 Å². The van der Waals surface area contributed by atoms with E-state index in [4.69, 9.17) is 0 Å². The largest absolute Gasteiger partial charge is 0.344 e. The summed E-state index contributed by atoms with van der Waals surface area (Å²) in [6.45, 7) is 6.33. The molecule has 1 unspecified atom stereocenters. The van der Waals surface area contributed by atoms with Crippen molar-refractivity contribution in [1.82, 2.24) is 15.1 Å². The Morgan fingerprint density at radius 2 is 1.62 bits per heavy atom. The lowest BCUT2D eigenvalue weighted by atomic mass is 10.0. The summed E-state index contributed by atoms with van der Waals surface area (Å²) in [7, 11) is -1.15. The zero-order valence-electron chi connectivity index (χ0n) is 17.0. The fourth-order valence-corrected chi connectivity index (χ4v) is 4.31. The van der Waals surface area contributed by atoms with Gasteiger partial charge in [-0.2, -0.15) is 0 Å². The summed E-state index contributed by atoms with van der Waals surface area (Å²) >= 11 is 0. The van der Waals surface area contributed by atoms with Crippen LogP contribution in [0.1, 0.15) is 28.9 Å². The minimum Gasteiger partial charge on any atom is -0.344 e. The predicted octanol–water partition coefficient (Wildman–Crippen LogP) is 2.20. The summed E-state index contributed by atoms with van der Waals surface area (Å²) in [6, 6.07) is 16.0. The minimum absolute atomic E-state index is 0.0413. The molecule has 0 saturated carbocycles. The van der Waals surface area contributed by atoms with Crippen LogP contribution in [0.4, 0.5) is 0 Å². The van der Waals surface area contributed by atoms with Gasteiger partial charge in [-0.05, 0) is 36.9 Å². The van der Waals surface area contributed by atoms with Crippen LogP contribution in [-0.2, 0) is 9.84 Å². The Morgan fingerprint density at radius 1 is 1.00 bits per heavy atom. The summed E-state index contributed by atoms with van der Waals surface area (Å²) in [5.74, 6) is -0.159. The topological polar surface area (TPSA) is 69.7 Å². The van der Waals surface area contributed by atoms with E-state index < -0.39 is 9.84 Å². The van der Waals surface area contributed by atoms with E-state index in [-0.39, 0.29) is 22.6 Å². The van der Waals surface area contributed by atoms with Crippen LogP contribution in [0, 0.1) is 0 Å². The second-order valence-corrected chi connectivity index (χ2v) is 9.75. The SMILES string of the molecule is CCS(=O)(=O)c1ccc(C(=O)NC(CN2CCN(C)CC2)c2ccccc2)cc1. The number of carbonyl (C=O) groups excluding carboxylic acids is 1. The molecule has 1 aliphatic rings. The monoisotopic (exact) mass is 415 g/mol. The Morgan fingerprint density at radius 3 is 2.21 bits per heavy atom. The molecule has 1 aliphatic heterocycles. The lowest BCUT2D eigenvalue weighted by molar-refractivity contribution is 0.0907. The number of piperazine rings is 1. The van der Waals surface area contributed by atoms with Crippen molar-refractivity contribution in [3.63, 3.8) is 0 Å². The van der Waals surface area contributed by atoms with Crippen LogP contribution in [0.25, 0.3) is 0 Å². The van der Waals surface area contributed by atoms with Gasteiger partial charge in [0.05, 0.1) is 16.7 Å². The Labute approximate surface area is 173 Å². The van der Waals surface area contributed by atoms with Gasteiger partial charge >= 0.3 is 0 Å². The molecule has 0 spiro atoms. The summed E-state index contributed by atoms with van der Waals surface area (Å²) in [4.78, 5) is 17.8. The number of sulfone groups is 1. The van der Waals surface area contributed by atoms with Gasteiger partial charge in [-0.25, -0.2) is 8.42 Å². The maximum atomic E-state index is 12.9. The van der Waals surface area contributed by atoms with Gasteiger partial charge in [0.2, 0.25) is 0 Å². The Bertz CT molecular complexity index is 906. The lowest BCUT2D eigenvalue weighted by Crippen LogP contribution is -2.47. The van der Waals surface area contributed by atoms with E-state index in [1.54, 1.807) is 19.1 Å². The number of rotatable bonds is 7. The Hall–Kier alpha value is -2.22. The zero-order valence-corrected chi connectivity index (χ0v) is 17.9. The first-order chi connectivity index (χ1) is 13.9. The van der Waals surface area contributed by atoms with E-state index in [0.717, 1.165) is 38.3 Å². The third-order valence-electron chi connectivity index (χ3n) is 5.40. The Balaban J connectivity index is 1.74. The van der Waals surface area contributed by atoms with Crippen LogP contribution in [0.3, 0.4) is 0 Å². The van der Waals surface area contributed by atoms with Crippen LogP contribution in [0.15, 0.2) is 59.5 Å². The molecule has 6 nitrogen and oxygen atoms in total. The summed E-state index contributed by atoms with van der Waals surface area (Å²) in [5.41, 5.74) is 1.52. The van der Waals surface area contributed by atoms with Crippen molar-refractivity contribution in [3.05, 3.63) is 65.7 Å². The molecular weight excluding hydrogens is 386 g/mol. The highest BCUT2D eigenvalue weighted by molar-refractivity contribution is 7.91. The normalized spacial score (nSPS) is 17.0. The maximum absolute atomic E-state index is 12.9. The molecule has 29 heavy (non-hydrogen) atoms. The van der Waals surface area contributed by atoms with Crippen molar-refractivity contribution in [2.24, 2.45) is 0 Å². The van der Waals surface area contributed by atoms with E-state index in [1.165, 1.54) is 12.1 Å². The molecule has 2 aromatic carbocycles. The van der Waals surface area contributed by atoms with Gasteiger partial charge in [0.15, 0.2) is 9.84 Å². The lowest BCUT2D eigenvalue weighted by Gasteiger charge is -2.35. The highest BCUT2D eigenvalue weighted by Crippen LogP contribution is 2.18. The van der Waals surface area contributed by atoms with Gasteiger partial charge in [-0.15, -0.1) is 0 Å². The van der Waals surface area contributed by atoms with Gasteiger partial charge in [-0.3, -0.25) is 9.69 Å². The molecule has 1 N–H and O–H groups in total. The number of nitrogens with zero attached hydrogens (tertiary/aromatic N) is 2. The number of benzene rings is 2. The second-order valence-electron chi connectivity index (χ2n) is 7.47. The molecule has 2 aromatic rings. The summed E-state index contributed by atoms with van der Waals surface area (Å²) < 4.78 is 24.0. The number of hydrogen-bond acceptors (Lipinski definition) is 5. The van der Waals surface area contributed by atoms with Crippen LogP contribution < -0.4 is 5.32 Å². The van der Waals surface area contributed by atoms with Gasteiger partial charge in [0.25, 0.3) is 5.91 Å². The van der Waals surface area contributed by atoms with E-state index in [2.05, 4.69) is 22.2 Å². The second kappa shape index (κ2) is 9.52. The van der Waals surface area contributed by atoms with Crippen LogP contribution in [-0.4, -0.2) is 69.6 Å². The molecule has 1 atom stereocenters. The van der Waals surface area contributed by atoms with Crippen molar-refractivity contribution in [2.45, 2.75) is 17.9 Å². The zero-order chi connectivity index (χ0) is 20.9. The van der Waals surface area contributed by atoms with E-state index in [9.17, 15) is 13.2 Å². The summed E-state index contributed by atoms with van der Waals surface area (Å²) in [5, 5.41) is 3.14. The number of likely N-dealkylation sites (N-methyl/N-ethyl adjacent to an activating group) is 1. The molecule has 0 aliphatic carbocycles. The molecule has 0 radical (unpaired) electrons. The predicted molar refractivity (Wildman–Crippen MR) is 115 cm³/mol. The smallest absolute Gasteiger partial charge is 0.251 e. The maximum Gasteiger partial charge on any atom is 0.251 e. The fraction of sp³-hybridized carbons (Fsp3) is 0.409. The molecule has 0 bridgehead atoms. The van der Waals surface area contributed by atoms with Crippen LogP contribution in [0.2, 0.25) is 0 Å². The molecule has 7 heteroatoms. The number of carbonyl (C=O) groups is 1. The average Bonchev–Trinajstić information content (AvgIpc) is 2.75. The molecule has 1 amide bonds. The van der Waals surface area contributed by atoms with Crippen molar-refractivity contribution >= 4 is 15.7 Å². The summed E-state index contributed by atoms with van der Waals surface area (Å²) in [6.07, 6.45) is 0. The Kier molecular flexibility index (Phi) is 7.05. The average molecular weight is 416 g/mol. The first-order valence-corrected chi connectivity index (χ1v) is 11.6. The fourth-order valence-electron chi connectivity index (χ4n) is 3.43. The van der Waals surface area contributed by atoms with Gasteiger partial charge in [0, 0.05) is 38.3 Å². The van der Waals surface area contributed by atoms with Crippen molar-refractivity contribution in [3.8, 4) is 0 Å². The third-order valence-corrected chi connectivity index (χ3v) is 7.15. The van der Waals surface area contributed by atoms with Crippen LogP contribution >= 0.6 is 0 Å². The highest BCUT2D eigenvalue weighted by Gasteiger charge is 2.22. The standard InChI is InChI=1S/C22H29N3O3S/c1-3-29(27,28)20-11-9-19(10-12-20)22(26)23-21(18-7-5-4-6-8-18)17-25-15-13-24(2)14-16-25/h4-12,21H,3,13-17H2,1-2H3,(H,23,26). The first kappa shape index (κ1) is 21.5. The van der Waals surface area contributed by atoms with E-state index in [0.29, 0.717) is 5.56 Å². The molecular formula is C22H29N3O3S. The number of hydrogen-bond donors (Lipinski definition) is 1. The number of nitrogens with one attached hydrogen (secondary N) is 1. The van der Waals surface area contributed by atoms with Crippen molar-refractivity contribution in [1.29, 1.82) is 0 Å². The minimum atomic E-state index is -3.27. The molecule has 1 fully saturated rings. The quantitative estimate of drug-likeness (QED) is 0.751. The van der Waals surface area contributed by atoms with Gasteiger partial charge in [-0.1, -0.05) is 37.3 Å². The first-order valence-electron chi connectivity index (χ1n) is 9.98. The molecule has 1 saturated heterocycles. The molecule has 1 heterocycles. The van der Waals surface area contributed by atoms with E-state index >= 15 is 0 Å². The van der Waals surface area contributed by atoms with E-state index in [1.807, 2.05) is 30.3 Å². The highest BCUT2D eigenvalue weighted by atomic mass is 32.2. The third kappa shape index (κ3) is 5.65. The van der Waals surface area contributed by atoms with Crippen molar-refractivity contribution in [2.75, 3.05) is 45.5 Å². The molecule has 3 rings (SSSR count). The van der Waals surface area contributed by atoms with Crippen LogP contribution in [0.5, 0.6) is 0 Å². The van der Waals surface area contributed by atoms with Gasteiger partial charge in [0.1, 0.15) is 0 Å². The molecule has 156 valence electrons.